The van der Waals surface area contributed by atoms with E-state index in [1.807, 2.05) is 32.9 Å². The smallest absolute Gasteiger partial charge is 0.227 e. The molecule has 178 valence electrons. The average molecular weight is 458 g/mol. The Morgan fingerprint density at radius 3 is 2.67 bits per heavy atom. The first-order valence-corrected chi connectivity index (χ1v) is 10.7. The number of nitrogens with one attached hydrogen (secondary N) is 1. The molecule has 1 unspecified atom stereocenters. The zero-order chi connectivity index (χ0) is 24.0. The van der Waals surface area contributed by atoms with E-state index in [0.29, 0.717) is 41.7 Å². The number of aliphatic hydroxyl groups is 2. The van der Waals surface area contributed by atoms with Gasteiger partial charge in [0.1, 0.15) is 22.6 Å². The lowest BCUT2D eigenvalue weighted by molar-refractivity contribution is 0.0984. The predicted octanol–water partition coefficient (Wildman–Crippen LogP) is 2.51. The molecular formula is C24H31N3O6. The van der Waals surface area contributed by atoms with E-state index in [9.17, 15) is 10.2 Å². The van der Waals surface area contributed by atoms with Crippen LogP contribution in [-0.2, 0) is 19.9 Å². The fraction of sp³-hybridized carbons (Fsp3) is 0.375. The van der Waals surface area contributed by atoms with Gasteiger partial charge in [-0.1, -0.05) is 11.7 Å². The van der Waals surface area contributed by atoms with Crippen LogP contribution in [0.3, 0.4) is 0 Å². The van der Waals surface area contributed by atoms with Crippen molar-refractivity contribution in [3.05, 3.63) is 71.4 Å². The highest BCUT2D eigenvalue weighted by Crippen LogP contribution is 2.30. The van der Waals surface area contributed by atoms with Crippen molar-refractivity contribution in [1.82, 2.24) is 5.32 Å². The Bertz CT molecular complexity index is 1080. The first-order chi connectivity index (χ1) is 15.8. The van der Waals surface area contributed by atoms with E-state index < -0.39 is 25.0 Å². The lowest BCUT2D eigenvalue weighted by Gasteiger charge is -2.21. The quantitative estimate of drug-likeness (QED) is 0.299. The molecule has 1 aromatic carbocycles. The molecule has 0 bridgehead atoms. The molecule has 0 spiro atoms. The number of rotatable bonds is 11. The van der Waals surface area contributed by atoms with Gasteiger partial charge in [-0.25, -0.2) is 0 Å². The molecular weight excluding hydrogens is 426 g/mol. The van der Waals surface area contributed by atoms with E-state index in [4.69, 9.17) is 24.5 Å². The summed E-state index contributed by atoms with van der Waals surface area (Å²) in [4.78, 5) is 5.61. The number of nitrogens with two attached hydrogens (primary N) is 1. The number of aliphatic hydroxyl groups excluding tert-OH is 2. The minimum absolute atomic E-state index is 0.305. The third-order valence-corrected chi connectivity index (χ3v) is 5.13. The Labute approximate surface area is 192 Å². The van der Waals surface area contributed by atoms with Gasteiger partial charge < -0.3 is 40.0 Å². The van der Waals surface area contributed by atoms with Gasteiger partial charge in [-0.3, -0.25) is 0 Å². The highest BCUT2D eigenvalue weighted by atomic mass is 16.7. The van der Waals surface area contributed by atoms with E-state index in [1.54, 1.807) is 24.5 Å². The second kappa shape index (κ2) is 10.6. The number of allylic oxidation sites excluding steroid dienone is 1. The molecule has 0 saturated carbocycles. The molecule has 1 aliphatic heterocycles. The van der Waals surface area contributed by atoms with Crippen LogP contribution in [0.2, 0.25) is 0 Å². The Kier molecular flexibility index (Phi) is 7.80. The lowest BCUT2D eigenvalue weighted by Crippen LogP contribution is -2.43. The molecule has 0 saturated heterocycles. The third kappa shape index (κ3) is 5.39. The fourth-order valence-corrected chi connectivity index (χ4v) is 3.27. The van der Waals surface area contributed by atoms with Crippen molar-refractivity contribution in [2.24, 2.45) is 10.9 Å². The van der Waals surface area contributed by atoms with Crippen molar-refractivity contribution in [1.29, 1.82) is 0 Å². The van der Waals surface area contributed by atoms with Crippen molar-refractivity contribution in [3.63, 3.8) is 0 Å². The Balaban J connectivity index is 1.84. The molecule has 5 N–H and O–H groups in total. The normalized spacial score (nSPS) is 16.6. The van der Waals surface area contributed by atoms with Crippen LogP contribution >= 0.6 is 0 Å². The highest BCUT2D eigenvalue weighted by Gasteiger charge is 2.31. The molecule has 0 amide bonds. The lowest BCUT2D eigenvalue weighted by atomic mass is 9.99. The van der Waals surface area contributed by atoms with Gasteiger partial charge in [0.05, 0.1) is 38.3 Å². The van der Waals surface area contributed by atoms with Crippen LogP contribution in [0.1, 0.15) is 30.7 Å². The van der Waals surface area contributed by atoms with Crippen molar-refractivity contribution < 1.29 is 28.9 Å². The molecule has 0 fully saturated rings. The SMILES string of the molecule is C=C(/C=C\C(=C/OCC)C1NC(c2cc(C)c3oc(C(N)(CO)CO)cc3c2)=NO1)OCC. The summed E-state index contributed by atoms with van der Waals surface area (Å²) in [5.41, 5.74) is 7.66. The number of furan rings is 1. The number of hydrogen-bond acceptors (Lipinski definition) is 9. The maximum absolute atomic E-state index is 9.59. The van der Waals surface area contributed by atoms with Crippen molar-refractivity contribution >= 4 is 16.8 Å². The number of fused-ring (bicyclic) bond motifs is 1. The highest BCUT2D eigenvalue weighted by molar-refractivity contribution is 6.02. The van der Waals surface area contributed by atoms with Crippen molar-refractivity contribution in [2.75, 3.05) is 26.4 Å². The number of hydrogen-bond donors (Lipinski definition) is 4. The number of ether oxygens (including phenoxy) is 2. The monoisotopic (exact) mass is 457 g/mol. The van der Waals surface area contributed by atoms with E-state index in [1.165, 1.54) is 0 Å². The van der Waals surface area contributed by atoms with Crippen molar-refractivity contribution in [3.8, 4) is 0 Å². The van der Waals surface area contributed by atoms with Gasteiger partial charge in [0, 0.05) is 10.9 Å². The van der Waals surface area contributed by atoms with Gasteiger partial charge in [0.15, 0.2) is 5.84 Å². The van der Waals surface area contributed by atoms with E-state index in [2.05, 4.69) is 17.1 Å². The van der Waals surface area contributed by atoms with E-state index in [0.717, 1.165) is 16.5 Å². The van der Waals surface area contributed by atoms with E-state index >= 15 is 0 Å². The number of benzene rings is 1. The van der Waals surface area contributed by atoms with Gasteiger partial charge in [-0.15, -0.1) is 0 Å². The molecule has 3 rings (SSSR count). The molecule has 9 heteroatoms. The summed E-state index contributed by atoms with van der Waals surface area (Å²) in [6, 6.07) is 5.50. The molecule has 1 aromatic heterocycles. The summed E-state index contributed by atoms with van der Waals surface area (Å²) in [5, 5.41) is 27.4. The Morgan fingerprint density at radius 2 is 2.00 bits per heavy atom. The zero-order valence-corrected chi connectivity index (χ0v) is 19.1. The first kappa shape index (κ1) is 24.4. The standard InChI is InChI=1S/C24H31N3O6/c1-5-30-12-17(8-7-16(4)31-6-2)23-26-22(27-33-23)19-9-15(3)21-18(10-19)11-20(32-21)24(25,13-28)14-29/h7-12,23,28-29H,4-6,13-14,25H2,1-3H3,(H,26,27)/b8-7-,17-12+. The number of amidine groups is 1. The molecule has 1 atom stereocenters. The average Bonchev–Trinajstić information content (AvgIpc) is 3.47. The third-order valence-electron chi connectivity index (χ3n) is 5.13. The zero-order valence-electron chi connectivity index (χ0n) is 19.1. The van der Waals surface area contributed by atoms with Crippen LogP contribution in [-0.4, -0.2) is 48.7 Å². The summed E-state index contributed by atoms with van der Waals surface area (Å²) < 4.78 is 16.7. The van der Waals surface area contributed by atoms with Crippen LogP contribution in [0.5, 0.6) is 0 Å². The van der Waals surface area contributed by atoms with Gasteiger partial charge in [0.25, 0.3) is 0 Å². The Morgan fingerprint density at radius 1 is 1.24 bits per heavy atom. The number of nitrogens with zero attached hydrogens (tertiary/aromatic N) is 1. The predicted molar refractivity (Wildman–Crippen MR) is 125 cm³/mol. The summed E-state index contributed by atoms with van der Waals surface area (Å²) in [7, 11) is 0. The maximum Gasteiger partial charge on any atom is 0.227 e. The molecule has 2 aromatic rings. The topological polar surface area (TPSA) is 132 Å². The largest absolute Gasteiger partial charge is 0.501 e. The molecule has 0 radical (unpaired) electrons. The number of oxime groups is 1. The van der Waals surface area contributed by atoms with E-state index in [-0.39, 0.29) is 0 Å². The number of aryl methyl sites for hydroxylation is 1. The van der Waals surface area contributed by atoms with Crippen molar-refractivity contribution in [2.45, 2.75) is 32.5 Å². The van der Waals surface area contributed by atoms with Crippen LogP contribution in [0.15, 0.2) is 64.1 Å². The molecule has 9 nitrogen and oxygen atoms in total. The molecule has 1 aliphatic rings. The summed E-state index contributed by atoms with van der Waals surface area (Å²) in [5.74, 6) is 1.37. The molecule has 2 heterocycles. The minimum Gasteiger partial charge on any atom is -0.501 e. The summed E-state index contributed by atoms with van der Waals surface area (Å²) in [6.45, 7) is 9.65. The molecule has 0 aliphatic carbocycles. The second-order valence-electron chi connectivity index (χ2n) is 7.67. The Hall–Kier alpha value is -3.27. The van der Waals surface area contributed by atoms with Gasteiger partial charge >= 0.3 is 0 Å². The fourth-order valence-electron chi connectivity index (χ4n) is 3.27. The van der Waals surface area contributed by atoms with Crippen LogP contribution in [0.4, 0.5) is 0 Å². The second-order valence-corrected chi connectivity index (χ2v) is 7.67. The van der Waals surface area contributed by atoms with Gasteiger partial charge in [0.2, 0.25) is 6.23 Å². The van der Waals surface area contributed by atoms with Gasteiger partial charge in [-0.05, 0) is 56.7 Å². The van der Waals surface area contributed by atoms with Crippen LogP contribution < -0.4 is 11.1 Å². The summed E-state index contributed by atoms with van der Waals surface area (Å²) >= 11 is 0. The minimum atomic E-state index is -1.36. The maximum atomic E-state index is 9.59. The molecule has 33 heavy (non-hydrogen) atoms. The van der Waals surface area contributed by atoms with Crippen LogP contribution in [0, 0.1) is 6.92 Å². The van der Waals surface area contributed by atoms with Crippen LogP contribution in [0.25, 0.3) is 11.0 Å². The summed E-state index contributed by atoms with van der Waals surface area (Å²) in [6.07, 6.45) is 4.58. The first-order valence-electron chi connectivity index (χ1n) is 10.7. The van der Waals surface area contributed by atoms with Gasteiger partial charge in [-0.2, -0.15) is 0 Å².